The number of nitrogens with zero attached hydrogens (tertiary/aromatic N) is 1. The van der Waals surface area contributed by atoms with E-state index < -0.39 is 0 Å². The normalized spacial score (nSPS) is 11.2. The van der Waals surface area contributed by atoms with Crippen LogP contribution in [0.5, 0.6) is 0 Å². The molecular formula is C18H29NO. The van der Waals surface area contributed by atoms with Crippen LogP contribution in [0.25, 0.3) is 5.57 Å². The molecule has 2 nitrogen and oxygen atoms in total. The van der Waals surface area contributed by atoms with Gasteiger partial charge in [0, 0.05) is 13.1 Å². The number of rotatable bonds is 7. The Morgan fingerprint density at radius 1 is 1.20 bits per heavy atom. The maximum Gasteiger partial charge on any atom is 0.0956 e. The van der Waals surface area contributed by atoms with Crippen molar-refractivity contribution in [3.05, 3.63) is 41.0 Å². The SMILES string of the molecule is CC(C)=C(CCN(CO)CC(C)C)c1ccccc1C. The van der Waals surface area contributed by atoms with Crippen LogP contribution >= 0.6 is 0 Å². The highest BCUT2D eigenvalue weighted by molar-refractivity contribution is 5.70. The fourth-order valence-electron chi connectivity index (χ4n) is 2.57. The molecule has 0 aromatic heterocycles. The topological polar surface area (TPSA) is 23.5 Å². The second-order valence-electron chi connectivity index (χ2n) is 6.16. The predicted molar refractivity (Wildman–Crippen MR) is 87.6 cm³/mol. The van der Waals surface area contributed by atoms with Crippen molar-refractivity contribution in [2.24, 2.45) is 5.92 Å². The summed E-state index contributed by atoms with van der Waals surface area (Å²) in [6.07, 6.45) is 0.987. The van der Waals surface area contributed by atoms with Crippen molar-refractivity contribution in [3.63, 3.8) is 0 Å². The van der Waals surface area contributed by atoms with Gasteiger partial charge in [-0.15, -0.1) is 0 Å². The van der Waals surface area contributed by atoms with Gasteiger partial charge in [0.15, 0.2) is 0 Å². The second-order valence-corrected chi connectivity index (χ2v) is 6.16. The highest BCUT2D eigenvalue weighted by atomic mass is 16.3. The minimum atomic E-state index is 0.141. The van der Waals surface area contributed by atoms with Crippen LogP contribution in [0.4, 0.5) is 0 Å². The lowest BCUT2D eigenvalue weighted by Crippen LogP contribution is -2.30. The molecule has 0 aliphatic rings. The molecule has 0 bridgehead atoms. The third kappa shape index (κ3) is 5.10. The molecule has 1 aromatic carbocycles. The third-order valence-electron chi connectivity index (χ3n) is 3.58. The van der Waals surface area contributed by atoms with E-state index in [1.54, 1.807) is 0 Å². The van der Waals surface area contributed by atoms with Gasteiger partial charge in [0.25, 0.3) is 0 Å². The van der Waals surface area contributed by atoms with E-state index in [1.165, 1.54) is 22.3 Å². The van der Waals surface area contributed by atoms with Crippen LogP contribution in [-0.2, 0) is 0 Å². The number of aliphatic hydroxyl groups excluding tert-OH is 1. The molecule has 1 N–H and O–H groups in total. The average Bonchev–Trinajstić information content (AvgIpc) is 2.38. The molecule has 0 spiro atoms. The lowest BCUT2D eigenvalue weighted by atomic mass is 9.94. The maximum absolute atomic E-state index is 9.46. The highest BCUT2D eigenvalue weighted by Gasteiger charge is 2.10. The smallest absolute Gasteiger partial charge is 0.0956 e. The minimum absolute atomic E-state index is 0.141. The van der Waals surface area contributed by atoms with E-state index in [1.807, 2.05) is 0 Å². The lowest BCUT2D eigenvalue weighted by molar-refractivity contribution is 0.0983. The zero-order chi connectivity index (χ0) is 15.1. The van der Waals surface area contributed by atoms with Crippen LogP contribution in [0.2, 0.25) is 0 Å². The fraction of sp³-hybridized carbons (Fsp3) is 0.556. The zero-order valence-corrected chi connectivity index (χ0v) is 13.6. The summed E-state index contributed by atoms with van der Waals surface area (Å²) in [4.78, 5) is 2.12. The first-order valence-corrected chi connectivity index (χ1v) is 7.51. The Morgan fingerprint density at radius 2 is 1.85 bits per heavy atom. The quantitative estimate of drug-likeness (QED) is 0.758. The molecule has 0 aliphatic heterocycles. The van der Waals surface area contributed by atoms with Crippen LogP contribution in [0.1, 0.15) is 45.2 Å². The molecule has 20 heavy (non-hydrogen) atoms. The fourth-order valence-corrected chi connectivity index (χ4v) is 2.57. The Kier molecular flexibility index (Phi) is 6.97. The molecule has 0 fully saturated rings. The minimum Gasteiger partial charge on any atom is -0.381 e. The van der Waals surface area contributed by atoms with E-state index in [9.17, 15) is 5.11 Å². The Bertz CT molecular complexity index is 444. The molecule has 112 valence electrons. The zero-order valence-electron chi connectivity index (χ0n) is 13.6. The summed E-state index contributed by atoms with van der Waals surface area (Å²) < 4.78 is 0. The Hall–Kier alpha value is -1.12. The molecule has 0 saturated heterocycles. The van der Waals surface area contributed by atoms with Crippen molar-refractivity contribution >= 4 is 5.57 Å². The molecular weight excluding hydrogens is 246 g/mol. The number of aryl methyl sites for hydroxylation is 1. The van der Waals surface area contributed by atoms with Gasteiger partial charge >= 0.3 is 0 Å². The number of aliphatic hydroxyl groups is 1. The van der Waals surface area contributed by atoms with Crippen molar-refractivity contribution in [1.82, 2.24) is 4.90 Å². The second kappa shape index (κ2) is 8.23. The first kappa shape index (κ1) is 16.9. The van der Waals surface area contributed by atoms with E-state index in [-0.39, 0.29) is 6.73 Å². The average molecular weight is 275 g/mol. The van der Waals surface area contributed by atoms with Gasteiger partial charge in [0.2, 0.25) is 0 Å². The van der Waals surface area contributed by atoms with Crippen LogP contribution in [-0.4, -0.2) is 29.8 Å². The van der Waals surface area contributed by atoms with Gasteiger partial charge in [0.05, 0.1) is 6.73 Å². The van der Waals surface area contributed by atoms with Gasteiger partial charge < -0.3 is 5.11 Å². The molecule has 0 saturated carbocycles. The predicted octanol–water partition coefficient (Wildman–Crippen LogP) is 4.09. The Labute approximate surface area is 124 Å². The Morgan fingerprint density at radius 3 is 2.35 bits per heavy atom. The van der Waals surface area contributed by atoms with E-state index in [0.29, 0.717) is 5.92 Å². The molecule has 0 amide bonds. The van der Waals surface area contributed by atoms with Gasteiger partial charge in [-0.1, -0.05) is 43.7 Å². The van der Waals surface area contributed by atoms with Gasteiger partial charge in [-0.25, -0.2) is 0 Å². The third-order valence-corrected chi connectivity index (χ3v) is 3.58. The molecule has 0 unspecified atom stereocenters. The van der Waals surface area contributed by atoms with Crippen molar-refractivity contribution in [2.75, 3.05) is 19.8 Å². The molecule has 0 atom stereocenters. The molecule has 1 rings (SSSR count). The largest absolute Gasteiger partial charge is 0.381 e. The highest BCUT2D eigenvalue weighted by Crippen LogP contribution is 2.25. The van der Waals surface area contributed by atoms with Gasteiger partial charge in [-0.3, -0.25) is 4.90 Å². The number of benzene rings is 1. The van der Waals surface area contributed by atoms with Crippen LogP contribution in [0.3, 0.4) is 0 Å². The van der Waals surface area contributed by atoms with Crippen molar-refractivity contribution in [1.29, 1.82) is 0 Å². The Balaban J connectivity index is 2.81. The molecule has 0 aliphatic carbocycles. The van der Waals surface area contributed by atoms with E-state index in [2.05, 4.69) is 63.8 Å². The van der Waals surface area contributed by atoms with Crippen LogP contribution < -0.4 is 0 Å². The first-order valence-electron chi connectivity index (χ1n) is 7.51. The van der Waals surface area contributed by atoms with Gasteiger partial charge in [-0.2, -0.15) is 0 Å². The first-order chi connectivity index (χ1) is 9.45. The summed E-state index contributed by atoms with van der Waals surface area (Å²) in [6.45, 7) is 12.9. The number of allylic oxidation sites excluding steroid dienone is 1. The summed E-state index contributed by atoms with van der Waals surface area (Å²) in [6, 6.07) is 8.54. The van der Waals surface area contributed by atoms with Crippen molar-refractivity contribution in [2.45, 2.75) is 41.0 Å². The standard InChI is InChI=1S/C18H29NO/c1-14(2)12-19(13-20)11-10-17(15(3)4)18-9-7-6-8-16(18)5/h6-9,14,20H,10-13H2,1-5H3. The lowest BCUT2D eigenvalue weighted by Gasteiger charge is -2.23. The van der Waals surface area contributed by atoms with E-state index >= 15 is 0 Å². The maximum atomic E-state index is 9.46. The summed E-state index contributed by atoms with van der Waals surface area (Å²) in [5, 5.41) is 9.46. The van der Waals surface area contributed by atoms with Crippen LogP contribution in [0, 0.1) is 12.8 Å². The van der Waals surface area contributed by atoms with Gasteiger partial charge in [-0.05, 0) is 49.8 Å². The monoisotopic (exact) mass is 275 g/mol. The van der Waals surface area contributed by atoms with Crippen LogP contribution in [0.15, 0.2) is 29.8 Å². The molecule has 1 aromatic rings. The summed E-state index contributed by atoms with van der Waals surface area (Å²) in [5.41, 5.74) is 5.44. The van der Waals surface area contributed by atoms with Gasteiger partial charge in [0.1, 0.15) is 0 Å². The van der Waals surface area contributed by atoms with Crippen molar-refractivity contribution in [3.8, 4) is 0 Å². The van der Waals surface area contributed by atoms with E-state index in [4.69, 9.17) is 0 Å². The summed E-state index contributed by atoms with van der Waals surface area (Å²) in [7, 11) is 0. The molecule has 0 heterocycles. The molecule has 2 heteroatoms. The number of hydrogen-bond acceptors (Lipinski definition) is 2. The summed E-state index contributed by atoms with van der Waals surface area (Å²) >= 11 is 0. The molecule has 0 radical (unpaired) electrons. The van der Waals surface area contributed by atoms with Crippen molar-refractivity contribution < 1.29 is 5.11 Å². The van der Waals surface area contributed by atoms with E-state index in [0.717, 1.165) is 19.5 Å². The summed E-state index contributed by atoms with van der Waals surface area (Å²) in [5.74, 6) is 0.579. The number of hydrogen-bond donors (Lipinski definition) is 1.